The highest BCUT2D eigenvalue weighted by Crippen LogP contribution is 2.40. The third-order valence-electron chi connectivity index (χ3n) is 10.1. The zero-order valence-electron chi connectivity index (χ0n) is 25.7. The van der Waals surface area contributed by atoms with E-state index < -0.39 is 9.84 Å². The lowest BCUT2D eigenvalue weighted by atomic mass is 9.78. The molecule has 0 saturated heterocycles. The SMILES string of the molecule is COc1ccc([C@H]2CC[C@H](CN(c3cccc(-c4cnn(C5CC5)c4)c3)C(=O)[C@H]3CC[C@H](S(C)(=O)=O)CC3)CC2)cc1C. The summed E-state index contributed by atoms with van der Waals surface area (Å²) in [5, 5.41) is 4.26. The topological polar surface area (TPSA) is 81.5 Å². The molecule has 43 heavy (non-hydrogen) atoms. The van der Waals surface area contributed by atoms with Crippen LogP contribution in [0.25, 0.3) is 11.1 Å². The molecule has 7 nitrogen and oxygen atoms in total. The predicted molar refractivity (Wildman–Crippen MR) is 171 cm³/mol. The van der Waals surface area contributed by atoms with Crippen molar-refractivity contribution in [2.75, 3.05) is 24.8 Å². The fourth-order valence-electron chi connectivity index (χ4n) is 7.25. The highest BCUT2D eigenvalue weighted by atomic mass is 32.2. The van der Waals surface area contributed by atoms with E-state index in [0.29, 0.717) is 50.1 Å². The first-order chi connectivity index (χ1) is 20.7. The number of methoxy groups -OCH3 is 1. The fourth-order valence-corrected chi connectivity index (χ4v) is 8.38. The lowest BCUT2D eigenvalue weighted by Gasteiger charge is -2.36. The van der Waals surface area contributed by atoms with Crippen LogP contribution in [0, 0.1) is 18.8 Å². The molecule has 230 valence electrons. The Hall–Kier alpha value is -3.13. The number of aryl methyl sites for hydroxylation is 1. The van der Waals surface area contributed by atoms with Gasteiger partial charge >= 0.3 is 0 Å². The average Bonchev–Trinajstić information content (AvgIpc) is 3.75. The van der Waals surface area contributed by atoms with Gasteiger partial charge in [0.1, 0.15) is 15.6 Å². The summed E-state index contributed by atoms with van der Waals surface area (Å²) in [7, 11) is -1.36. The lowest BCUT2D eigenvalue weighted by molar-refractivity contribution is -0.123. The Morgan fingerprint density at radius 1 is 0.953 bits per heavy atom. The van der Waals surface area contributed by atoms with E-state index in [1.165, 1.54) is 30.2 Å². The molecule has 0 N–H and O–H groups in total. The smallest absolute Gasteiger partial charge is 0.230 e. The summed E-state index contributed by atoms with van der Waals surface area (Å²) < 4.78 is 31.9. The maximum Gasteiger partial charge on any atom is 0.230 e. The zero-order chi connectivity index (χ0) is 30.1. The molecule has 3 aliphatic rings. The minimum absolute atomic E-state index is 0.141. The van der Waals surface area contributed by atoms with Gasteiger partial charge in [-0.2, -0.15) is 5.10 Å². The van der Waals surface area contributed by atoms with E-state index in [9.17, 15) is 13.2 Å². The van der Waals surface area contributed by atoms with Gasteiger partial charge in [0.15, 0.2) is 0 Å². The number of anilines is 1. The summed E-state index contributed by atoms with van der Waals surface area (Å²) in [4.78, 5) is 16.2. The van der Waals surface area contributed by atoms with Gasteiger partial charge in [-0.15, -0.1) is 0 Å². The molecule has 0 unspecified atom stereocenters. The van der Waals surface area contributed by atoms with Crippen LogP contribution in [-0.4, -0.2) is 49.3 Å². The Kier molecular flexibility index (Phi) is 8.67. The van der Waals surface area contributed by atoms with Gasteiger partial charge in [0.05, 0.1) is 24.6 Å². The van der Waals surface area contributed by atoms with Crippen molar-refractivity contribution < 1.29 is 17.9 Å². The molecule has 2 aromatic carbocycles. The fraction of sp³-hybridized carbons (Fsp3) is 0.543. The van der Waals surface area contributed by atoms with Crippen LogP contribution in [0.5, 0.6) is 5.75 Å². The number of rotatable bonds is 9. The van der Waals surface area contributed by atoms with Crippen LogP contribution < -0.4 is 9.64 Å². The second-order valence-corrected chi connectivity index (χ2v) is 15.5. The van der Waals surface area contributed by atoms with Crippen LogP contribution in [0.4, 0.5) is 5.69 Å². The van der Waals surface area contributed by atoms with Gasteiger partial charge in [-0.3, -0.25) is 9.48 Å². The van der Waals surface area contributed by atoms with Gasteiger partial charge in [0.25, 0.3) is 0 Å². The summed E-state index contributed by atoms with van der Waals surface area (Å²) in [6.07, 6.45) is 14.5. The van der Waals surface area contributed by atoms with Crippen LogP contribution in [0.3, 0.4) is 0 Å². The monoisotopic (exact) mass is 603 g/mol. The van der Waals surface area contributed by atoms with Gasteiger partial charge in [-0.25, -0.2) is 8.42 Å². The largest absolute Gasteiger partial charge is 0.496 e. The molecular formula is C35H45N3O4S. The third-order valence-corrected chi connectivity index (χ3v) is 11.8. The molecule has 1 amide bonds. The highest BCUT2D eigenvalue weighted by molar-refractivity contribution is 7.91. The Morgan fingerprint density at radius 3 is 2.35 bits per heavy atom. The Balaban J connectivity index is 1.19. The summed E-state index contributed by atoms with van der Waals surface area (Å²) in [6, 6.07) is 15.4. The molecule has 3 saturated carbocycles. The van der Waals surface area contributed by atoms with E-state index in [1.807, 2.05) is 17.2 Å². The number of benzene rings is 2. The predicted octanol–water partition coefficient (Wildman–Crippen LogP) is 7.11. The number of nitrogens with zero attached hydrogens (tertiary/aromatic N) is 3. The first kappa shape index (κ1) is 29.9. The number of hydrogen-bond donors (Lipinski definition) is 0. The molecule has 3 aliphatic carbocycles. The van der Waals surface area contributed by atoms with Gasteiger partial charge in [0.2, 0.25) is 5.91 Å². The van der Waals surface area contributed by atoms with Crippen molar-refractivity contribution in [1.82, 2.24) is 9.78 Å². The number of carbonyl (C=O) groups is 1. The molecule has 1 heterocycles. The molecule has 8 heteroatoms. The average molecular weight is 604 g/mol. The number of amides is 1. The quantitative estimate of drug-likeness (QED) is 0.260. The molecule has 3 fully saturated rings. The molecule has 0 spiro atoms. The maximum atomic E-state index is 14.2. The standard InChI is InChI=1S/C35H45N3O4S/c1-24-19-29(13-18-34(24)42-2)26-9-7-25(8-10-26)22-37(35(39)27-11-16-33(17-12-27)43(3,40)41)32-6-4-5-28(20-32)30-21-36-38(23-30)31-14-15-31/h4-6,13,18-21,23,25-27,31,33H,7-12,14-17,22H2,1-3H3/t25-,26-,27-,33-. The van der Waals surface area contributed by atoms with Crippen LogP contribution in [-0.2, 0) is 14.6 Å². The highest BCUT2D eigenvalue weighted by Gasteiger charge is 2.35. The molecule has 0 radical (unpaired) electrons. The van der Waals surface area contributed by atoms with Crippen LogP contribution >= 0.6 is 0 Å². The Bertz CT molecular complexity index is 1540. The van der Waals surface area contributed by atoms with E-state index >= 15 is 0 Å². The van der Waals surface area contributed by atoms with E-state index in [4.69, 9.17) is 4.74 Å². The van der Waals surface area contributed by atoms with E-state index in [1.54, 1.807) is 7.11 Å². The number of aromatic nitrogens is 2. The molecule has 3 aromatic rings. The lowest BCUT2D eigenvalue weighted by Crippen LogP contribution is -2.42. The maximum absolute atomic E-state index is 14.2. The molecule has 6 rings (SSSR count). The summed E-state index contributed by atoms with van der Waals surface area (Å²) in [5.74, 6) is 1.89. The van der Waals surface area contributed by atoms with E-state index in [2.05, 4.69) is 59.3 Å². The minimum Gasteiger partial charge on any atom is -0.496 e. The van der Waals surface area contributed by atoms with Crippen molar-refractivity contribution in [2.45, 2.75) is 88.3 Å². The Morgan fingerprint density at radius 2 is 1.70 bits per heavy atom. The number of ether oxygens (including phenoxy) is 1. The zero-order valence-corrected chi connectivity index (χ0v) is 26.6. The van der Waals surface area contributed by atoms with Crippen LogP contribution in [0.1, 0.15) is 87.3 Å². The van der Waals surface area contributed by atoms with Crippen molar-refractivity contribution in [2.24, 2.45) is 11.8 Å². The first-order valence-corrected chi connectivity index (χ1v) is 17.9. The minimum atomic E-state index is -3.08. The van der Waals surface area contributed by atoms with Crippen molar-refractivity contribution in [3.63, 3.8) is 0 Å². The van der Waals surface area contributed by atoms with Crippen molar-refractivity contribution in [3.05, 3.63) is 66.0 Å². The molecule has 0 aliphatic heterocycles. The third kappa shape index (κ3) is 6.84. The van der Waals surface area contributed by atoms with Crippen molar-refractivity contribution in [3.8, 4) is 16.9 Å². The summed E-state index contributed by atoms with van der Waals surface area (Å²) >= 11 is 0. The van der Waals surface area contributed by atoms with Crippen molar-refractivity contribution in [1.29, 1.82) is 0 Å². The van der Waals surface area contributed by atoms with Crippen LogP contribution in [0.2, 0.25) is 0 Å². The van der Waals surface area contributed by atoms with Gasteiger partial charge in [-0.05, 0) is 118 Å². The summed E-state index contributed by atoms with van der Waals surface area (Å²) in [6.45, 7) is 2.80. The van der Waals surface area contributed by atoms with Crippen molar-refractivity contribution >= 4 is 21.4 Å². The van der Waals surface area contributed by atoms with Gasteiger partial charge in [-0.1, -0.05) is 24.3 Å². The van der Waals surface area contributed by atoms with Gasteiger partial charge < -0.3 is 9.64 Å². The van der Waals surface area contributed by atoms with E-state index in [0.717, 1.165) is 48.2 Å². The molecule has 0 bridgehead atoms. The summed E-state index contributed by atoms with van der Waals surface area (Å²) in [5.41, 5.74) is 5.63. The number of sulfone groups is 1. The number of carbonyl (C=O) groups excluding carboxylic acids is 1. The number of hydrogen-bond acceptors (Lipinski definition) is 5. The Labute approximate surface area is 256 Å². The second kappa shape index (κ2) is 12.5. The normalized spacial score (nSPS) is 24.4. The van der Waals surface area contributed by atoms with E-state index in [-0.39, 0.29) is 17.1 Å². The molecular weight excluding hydrogens is 558 g/mol. The van der Waals surface area contributed by atoms with Crippen LogP contribution in [0.15, 0.2) is 54.9 Å². The second-order valence-electron chi connectivity index (χ2n) is 13.2. The first-order valence-electron chi connectivity index (χ1n) is 16.0. The molecule has 1 aromatic heterocycles. The van der Waals surface area contributed by atoms with Gasteiger partial charge in [0, 0.05) is 36.2 Å². The molecule has 0 atom stereocenters.